The number of benzene rings is 1. The highest BCUT2D eigenvalue weighted by Gasteiger charge is 2.55. The van der Waals surface area contributed by atoms with Crippen molar-refractivity contribution >= 4 is 22.9 Å². The second-order valence-corrected chi connectivity index (χ2v) is 7.73. The second kappa shape index (κ2) is 7.10. The molecule has 2 aliphatic rings. The third kappa shape index (κ3) is 3.14. The molecule has 2 aliphatic heterocycles. The number of anilines is 1. The monoisotopic (exact) mass is 410 g/mol. The Kier molecular flexibility index (Phi) is 4.51. The molecular weight excluding hydrogens is 388 g/mol. The average Bonchev–Trinajstić information content (AvgIpc) is 3.39. The summed E-state index contributed by atoms with van der Waals surface area (Å²) in [5, 5.41) is 2.80. The maximum Gasteiger partial charge on any atom is 0.256 e. The van der Waals surface area contributed by atoms with E-state index in [-0.39, 0.29) is 24.2 Å². The van der Waals surface area contributed by atoms with Gasteiger partial charge in [-0.3, -0.25) is 9.36 Å². The number of hydrogen-bond donors (Lipinski definition) is 2. The lowest BCUT2D eigenvalue weighted by atomic mass is 10.1. The van der Waals surface area contributed by atoms with E-state index in [0.717, 1.165) is 0 Å². The van der Waals surface area contributed by atoms with Gasteiger partial charge in [0.05, 0.1) is 6.33 Å². The molecule has 10 heteroatoms. The first-order chi connectivity index (χ1) is 14.5. The molecule has 2 fully saturated rings. The number of nitrogens with two attached hydrogens (primary N) is 1. The van der Waals surface area contributed by atoms with Crippen molar-refractivity contribution in [3.63, 3.8) is 0 Å². The number of rotatable bonds is 4. The number of hydrogen-bond acceptors (Lipinski definition) is 8. The van der Waals surface area contributed by atoms with Crippen LogP contribution in [-0.4, -0.2) is 56.1 Å². The Morgan fingerprint density at radius 2 is 1.93 bits per heavy atom. The first-order valence-corrected chi connectivity index (χ1v) is 9.72. The molecular formula is C20H22N6O4. The van der Waals surface area contributed by atoms with E-state index in [2.05, 4.69) is 20.3 Å². The first-order valence-electron chi connectivity index (χ1n) is 9.72. The zero-order valence-electron chi connectivity index (χ0n) is 16.6. The Morgan fingerprint density at radius 3 is 2.70 bits per heavy atom. The van der Waals surface area contributed by atoms with Crippen LogP contribution in [0.1, 0.15) is 30.4 Å². The molecule has 30 heavy (non-hydrogen) atoms. The summed E-state index contributed by atoms with van der Waals surface area (Å²) in [6, 6.07) is 8.90. The minimum Gasteiger partial charge on any atom is -0.348 e. The number of fused-ring (bicyclic) bond motifs is 2. The molecule has 5 rings (SSSR count). The SMILES string of the molecule is CC1(C)OC2[C@@H](O1)[C@@H](CN)O[C@H]2n1cnc2c(NC(=O)c3ccccc3)ncnc21. The van der Waals surface area contributed by atoms with Crippen molar-refractivity contribution in [3.8, 4) is 0 Å². The van der Waals surface area contributed by atoms with Crippen molar-refractivity contribution in [3.05, 3.63) is 48.5 Å². The Bertz CT molecular complexity index is 1090. The van der Waals surface area contributed by atoms with Gasteiger partial charge in [-0.05, 0) is 26.0 Å². The quantitative estimate of drug-likeness (QED) is 0.662. The summed E-state index contributed by atoms with van der Waals surface area (Å²) in [7, 11) is 0. The molecule has 0 bridgehead atoms. The molecule has 1 unspecified atom stereocenters. The predicted octanol–water partition coefficient (Wildman–Crippen LogP) is 1.45. The highest BCUT2D eigenvalue weighted by Crippen LogP contribution is 2.43. The van der Waals surface area contributed by atoms with Crippen LogP contribution >= 0.6 is 0 Å². The summed E-state index contributed by atoms with van der Waals surface area (Å²) in [6.45, 7) is 4.03. The highest BCUT2D eigenvalue weighted by atomic mass is 16.8. The zero-order valence-corrected chi connectivity index (χ0v) is 16.6. The smallest absolute Gasteiger partial charge is 0.256 e. The fourth-order valence-electron chi connectivity index (χ4n) is 3.97. The van der Waals surface area contributed by atoms with Gasteiger partial charge >= 0.3 is 0 Å². The van der Waals surface area contributed by atoms with Gasteiger partial charge < -0.3 is 25.3 Å². The van der Waals surface area contributed by atoms with Crippen molar-refractivity contribution in [2.75, 3.05) is 11.9 Å². The van der Waals surface area contributed by atoms with Gasteiger partial charge in [0, 0.05) is 12.1 Å². The molecule has 0 saturated carbocycles. The third-order valence-electron chi connectivity index (χ3n) is 5.26. The summed E-state index contributed by atoms with van der Waals surface area (Å²) in [4.78, 5) is 25.5. The number of carbonyl (C=O) groups is 1. The number of imidazole rings is 1. The van der Waals surface area contributed by atoms with Gasteiger partial charge in [0.1, 0.15) is 24.6 Å². The second-order valence-electron chi connectivity index (χ2n) is 7.73. The van der Waals surface area contributed by atoms with Crippen LogP contribution in [-0.2, 0) is 14.2 Å². The predicted molar refractivity (Wildman–Crippen MR) is 107 cm³/mol. The van der Waals surface area contributed by atoms with Gasteiger partial charge in [0.2, 0.25) is 0 Å². The minimum atomic E-state index is -0.731. The molecule has 156 valence electrons. The number of aromatic nitrogens is 4. The molecule has 0 aliphatic carbocycles. The van der Waals surface area contributed by atoms with Crippen molar-refractivity contribution in [1.29, 1.82) is 0 Å². The van der Waals surface area contributed by atoms with Gasteiger partial charge in [-0.15, -0.1) is 0 Å². The van der Waals surface area contributed by atoms with E-state index in [9.17, 15) is 4.79 Å². The summed E-state index contributed by atoms with van der Waals surface area (Å²) in [5.74, 6) is -0.688. The average molecular weight is 410 g/mol. The normalized spacial score (nSPS) is 27.3. The minimum absolute atomic E-state index is 0.278. The molecule has 3 N–H and O–H groups in total. The maximum atomic E-state index is 12.5. The van der Waals surface area contributed by atoms with Gasteiger partial charge in [0.15, 0.2) is 29.0 Å². The molecule has 0 spiro atoms. The van der Waals surface area contributed by atoms with Crippen LogP contribution in [0.15, 0.2) is 43.0 Å². The van der Waals surface area contributed by atoms with E-state index in [4.69, 9.17) is 19.9 Å². The van der Waals surface area contributed by atoms with E-state index in [1.165, 1.54) is 6.33 Å². The fourth-order valence-corrected chi connectivity index (χ4v) is 3.97. The summed E-state index contributed by atoms with van der Waals surface area (Å²) in [5.41, 5.74) is 7.38. The Hall–Kier alpha value is -2.92. The topological polar surface area (TPSA) is 126 Å². The number of amides is 1. The van der Waals surface area contributed by atoms with Crippen LogP contribution in [0, 0.1) is 0 Å². The van der Waals surface area contributed by atoms with E-state index in [1.54, 1.807) is 35.2 Å². The Balaban J connectivity index is 1.47. The van der Waals surface area contributed by atoms with E-state index in [0.29, 0.717) is 29.1 Å². The number of nitrogens with one attached hydrogen (secondary N) is 1. The van der Waals surface area contributed by atoms with Gasteiger partial charge in [0.25, 0.3) is 5.91 Å². The fraction of sp³-hybridized carbons (Fsp3) is 0.400. The Morgan fingerprint density at radius 1 is 1.17 bits per heavy atom. The standard InChI is InChI=1S/C20H22N6O4/c1-20(2)29-14-12(8-21)28-19(15(14)30-20)26-10-24-13-16(22-9-23-17(13)26)25-18(27)11-6-4-3-5-7-11/h3-7,9-10,12,14-15,19H,8,21H2,1-2H3,(H,22,23,25,27)/t12-,14+,15?,19-/m1/s1. The van der Waals surface area contributed by atoms with Crippen molar-refractivity contribution in [1.82, 2.24) is 19.5 Å². The van der Waals surface area contributed by atoms with E-state index < -0.39 is 12.0 Å². The summed E-state index contributed by atoms with van der Waals surface area (Å²) < 4.78 is 20.0. The van der Waals surface area contributed by atoms with Crippen LogP contribution in [0.2, 0.25) is 0 Å². The molecule has 4 heterocycles. The number of ether oxygens (including phenoxy) is 3. The van der Waals surface area contributed by atoms with Gasteiger partial charge in [-0.1, -0.05) is 18.2 Å². The largest absolute Gasteiger partial charge is 0.348 e. The van der Waals surface area contributed by atoms with E-state index in [1.807, 2.05) is 19.9 Å². The molecule has 1 amide bonds. The lowest BCUT2D eigenvalue weighted by Gasteiger charge is -2.24. The van der Waals surface area contributed by atoms with Crippen LogP contribution in [0.25, 0.3) is 11.2 Å². The van der Waals surface area contributed by atoms with Crippen LogP contribution < -0.4 is 11.1 Å². The first kappa shape index (κ1) is 19.1. The van der Waals surface area contributed by atoms with Gasteiger partial charge in [-0.2, -0.15) is 0 Å². The van der Waals surface area contributed by atoms with Crippen molar-refractivity contribution < 1.29 is 19.0 Å². The number of carbonyl (C=O) groups excluding carboxylic acids is 1. The molecule has 10 nitrogen and oxygen atoms in total. The summed E-state index contributed by atoms with van der Waals surface area (Å²) >= 11 is 0. The van der Waals surface area contributed by atoms with Crippen molar-refractivity contribution in [2.45, 2.75) is 44.2 Å². The molecule has 2 aromatic heterocycles. The van der Waals surface area contributed by atoms with Crippen LogP contribution in [0.4, 0.5) is 5.82 Å². The van der Waals surface area contributed by atoms with Crippen LogP contribution in [0.3, 0.4) is 0 Å². The molecule has 4 atom stereocenters. The molecule has 0 radical (unpaired) electrons. The lowest BCUT2D eigenvalue weighted by molar-refractivity contribution is -0.195. The van der Waals surface area contributed by atoms with Crippen LogP contribution in [0.5, 0.6) is 0 Å². The molecule has 1 aromatic carbocycles. The molecule has 3 aromatic rings. The lowest BCUT2D eigenvalue weighted by Crippen LogP contribution is -2.34. The Labute approximate surface area is 172 Å². The third-order valence-corrected chi connectivity index (χ3v) is 5.26. The number of nitrogens with zero attached hydrogens (tertiary/aromatic N) is 4. The summed E-state index contributed by atoms with van der Waals surface area (Å²) in [6.07, 6.45) is 1.52. The zero-order chi connectivity index (χ0) is 20.9. The van der Waals surface area contributed by atoms with Crippen molar-refractivity contribution in [2.24, 2.45) is 5.73 Å². The highest BCUT2D eigenvalue weighted by molar-refractivity contribution is 6.06. The maximum absolute atomic E-state index is 12.5. The van der Waals surface area contributed by atoms with E-state index >= 15 is 0 Å². The van der Waals surface area contributed by atoms with Gasteiger partial charge in [-0.25, -0.2) is 15.0 Å². The molecule has 2 saturated heterocycles.